The van der Waals surface area contributed by atoms with Crippen LogP contribution < -0.4 is 10.1 Å². The molecule has 1 aromatic rings. The first-order valence-electron chi connectivity index (χ1n) is 8.55. The Morgan fingerprint density at radius 1 is 0.960 bits per heavy atom. The first kappa shape index (κ1) is 20.4. The highest BCUT2D eigenvalue weighted by Crippen LogP contribution is 2.26. The minimum Gasteiger partial charge on any atom is -0.473 e. The van der Waals surface area contributed by atoms with E-state index in [-0.39, 0.29) is 23.5 Å². The van der Waals surface area contributed by atoms with Gasteiger partial charge < -0.3 is 14.8 Å². The second-order valence-corrected chi connectivity index (χ2v) is 8.53. The minimum absolute atomic E-state index is 0. The summed E-state index contributed by atoms with van der Waals surface area (Å²) in [4.78, 5) is 7.95. The summed E-state index contributed by atoms with van der Waals surface area (Å²) in [7, 11) is -3.32. The Bertz CT molecular complexity index is 627. The molecule has 142 valence electrons. The number of hydrogen-bond acceptors (Lipinski definition) is 7. The molecule has 0 unspecified atom stereocenters. The van der Waals surface area contributed by atoms with Crippen LogP contribution in [-0.4, -0.2) is 56.0 Å². The molecule has 9 heteroatoms. The Kier molecular flexibility index (Phi) is 7.42. The topological polar surface area (TPSA) is 90.4 Å². The summed E-state index contributed by atoms with van der Waals surface area (Å²) < 4.78 is 34.8. The maximum absolute atomic E-state index is 11.4. The highest BCUT2D eigenvalue weighted by Gasteiger charge is 2.26. The molecule has 0 atom stereocenters. The van der Waals surface area contributed by atoms with Gasteiger partial charge in [-0.2, -0.15) is 0 Å². The van der Waals surface area contributed by atoms with Crippen molar-refractivity contribution >= 4 is 22.2 Å². The monoisotopic (exact) mass is 391 g/mol. The van der Waals surface area contributed by atoms with Crippen LogP contribution >= 0.6 is 12.4 Å². The van der Waals surface area contributed by atoms with Crippen LogP contribution in [-0.2, 0) is 14.6 Å². The third-order valence-electron chi connectivity index (χ3n) is 4.56. The largest absolute Gasteiger partial charge is 0.473 e. The fraction of sp³-hybridized carbons (Fsp3) is 0.750. The lowest BCUT2D eigenvalue weighted by atomic mass is 9.94. The lowest BCUT2D eigenvalue weighted by Crippen LogP contribution is -2.37. The van der Waals surface area contributed by atoms with Gasteiger partial charge in [-0.3, -0.25) is 0 Å². The first-order chi connectivity index (χ1) is 11.5. The third-order valence-corrected chi connectivity index (χ3v) is 5.53. The van der Waals surface area contributed by atoms with Gasteiger partial charge in [-0.05, 0) is 51.6 Å². The van der Waals surface area contributed by atoms with Crippen molar-refractivity contribution in [3.8, 4) is 5.88 Å². The highest BCUT2D eigenvalue weighted by atomic mass is 35.5. The molecular weight excluding hydrogens is 366 g/mol. The lowest BCUT2D eigenvalue weighted by molar-refractivity contribution is -0.0552. The van der Waals surface area contributed by atoms with Crippen LogP contribution in [0.4, 0.5) is 0 Å². The summed E-state index contributed by atoms with van der Waals surface area (Å²) in [6, 6.07) is 0. The van der Waals surface area contributed by atoms with Crippen LogP contribution in [0, 0.1) is 0 Å². The zero-order valence-corrected chi connectivity index (χ0v) is 16.0. The smallest absolute Gasteiger partial charge is 0.232 e. The molecule has 1 aliphatic heterocycles. The van der Waals surface area contributed by atoms with Gasteiger partial charge in [-0.15, -0.1) is 12.4 Å². The lowest BCUT2D eigenvalue weighted by Gasteiger charge is -2.32. The van der Waals surface area contributed by atoms with E-state index in [1.54, 1.807) is 0 Å². The number of nitrogens with one attached hydrogen (secondary N) is 1. The second kappa shape index (κ2) is 9.12. The zero-order chi connectivity index (χ0) is 17.0. The van der Waals surface area contributed by atoms with Gasteiger partial charge in [0.15, 0.2) is 14.9 Å². The molecule has 0 radical (unpaired) electrons. The van der Waals surface area contributed by atoms with E-state index in [0.29, 0.717) is 18.1 Å². The Morgan fingerprint density at radius 3 is 2.12 bits per heavy atom. The van der Waals surface area contributed by atoms with Crippen molar-refractivity contribution < 1.29 is 17.9 Å². The summed E-state index contributed by atoms with van der Waals surface area (Å²) in [5, 5.41) is 3.32. The van der Waals surface area contributed by atoms with E-state index >= 15 is 0 Å². The normalized spacial score (nSPS) is 25.2. The molecule has 2 heterocycles. The molecule has 7 nitrogen and oxygen atoms in total. The number of nitrogens with zero attached hydrogens (tertiary/aromatic N) is 2. The third kappa shape index (κ3) is 6.06. The number of aromatic nitrogens is 2. The fourth-order valence-corrected chi connectivity index (χ4v) is 3.71. The Morgan fingerprint density at radius 2 is 1.56 bits per heavy atom. The molecule has 1 aliphatic carbocycles. The average molecular weight is 392 g/mol. The van der Waals surface area contributed by atoms with Gasteiger partial charge in [0.05, 0.1) is 24.6 Å². The molecule has 2 fully saturated rings. The molecule has 1 saturated heterocycles. The highest BCUT2D eigenvalue weighted by molar-refractivity contribution is 7.90. The van der Waals surface area contributed by atoms with Crippen LogP contribution in [0.3, 0.4) is 0 Å². The van der Waals surface area contributed by atoms with Gasteiger partial charge in [0, 0.05) is 6.26 Å². The van der Waals surface area contributed by atoms with E-state index in [2.05, 4.69) is 15.3 Å². The van der Waals surface area contributed by atoms with Crippen molar-refractivity contribution in [1.82, 2.24) is 15.3 Å². The van der Waals surface area contributed by atoms with Crippen molar-refractivity contribution in [3.05, 3.63) is 12.4 Å². The number of halogens is 1. The van der Waals surface area contributed by atoms with Crippen molar-refractivity contribution in [2.24, 2.45) is 0 Å². The summed E-state index contributed by atoms with van der Waals surface area (Å²) in [5.41, 5.74) is 0. The molecule has 0 bridgehead atoms. The van der Waals surface area contributed by atoms with Crippen LogP contribution in [0.15, 0.2) is 17.4 Å². The van der Waals surface area contributed by atoms with Crippen molar-refractivity contribution in [2.45, 2.75) is 61.9 Å². The Hall–Kier alpha value is -0.960. The quantitative estimate of drug-likeness (QED) is 0.817. The van der Waals surface area contributed by atoms with Crippen molar-refractivity contribution in [2.75, 3.05) is 19.3 Å². The van der Waals surface area contributed by atoms with Gasteiger partial charge in [0.2, 0.25) is 5.88 Å². The zero-order valence-electron chi connectivity index (χ0n) is 14.4. The summed E-state index contributed by atoms with van der Waals surface area (Å²) in [5.74, 6) is 0.380. The van der Waals surface area contributed by atoms with E-state index < -0.39 is 9.84 Å². The number of rotatable bonds is 5. The molecule has 25 heavy (non-hydrogen) atoms. The number of ether oxygens (including phenoxy) is 2. The Balaban J connectivity index is 0.00000225. The standard InChI is InChI=1S/C16H25N3O4S.ClH/c1-24(20,21)16-11-18-15(10-19-16)23-13-4-2-12(3-5-13)22-14-6-8-17-9-7-14;/h10-14,17H,2-9H2,1H3;1H/t12-,13-;. The summed E-state index contributed by atoms with van der Waals surface area (Å²) in [6.45, 7) is 2.09. The van der Waals surface area contributed by atoms with Gasteiger partial charge in [0.25, 0.3) is 0 Å². The molecule has 0 amide bonds. The molecule has 1 aromatic heterocycles. The molecule has 1 saturated carbocycles. The maximum Gasteiger partial charge on any atom is 0.232 e. The van der Waals surface area contributed by atoms with Crippen molar-refractivity contribution in [1.29, 1.82) is 0 Å². The summed E-state index contributed by atoms with van der Waals surface area (Å²) >= 11 is 0. The van der Waals surface area contributed by atoms with Gasteiger partial charge in [-0.1, -0.05) is 0 Å². The van der Waals surface area contributed by atoms with E-state index in [1.807, 2.05) is 0 Å². The van der Waals surface area contributed by atoms with E-state index in [1.165, 1.54) is 12.4 Å². The maximum atomic E-state index is 11.4. The van der Waals surface area contributed by atoms with Crippen molar-refractivity contribution in [3.63, 3.8) is 0 Å². The van der Waals surface area contributed by atoms with Crippen LogP contribution in [0.2, 0.25) is 0 Å². The van der Waals surface area contributed by atoms with Gasteiger partial charge in [0.1, 0.15) is 6.10 Å². The second-order valence-electron chi connectivity index (χ2n) is 6.57. The van der Waals surface area contributed by atoms with Gasteiger partial charge in [-0.25, -0.2) is 18.4 Å². The molecule has 0 aromatic carbocycles. The van der Waals surface area contributed by atoms with Crippen LogP contribution in [0.1, 0.15) is 38.5 Å². The predicted octanol–water partition coefficient (Wildman–Crippen LogP) is 1.76. The molecule has 1 N–H and O–H groups in total. The predicted molar refractivity (Wildman–Crippen MR) is 96.0 cm³/mol. The summed E-state index contributed by atoms with van der Waals surface area (Å²) in [6.07, 6.45) is 10.6. The van der Waals surface area contributed by atoms with E-state index in [0.717, 1.165) is 57.9 Å². The number of piperidine rings is 1. The molecular formula is C16H26ClN3O4S. The van der Waals surface area contributed by atoms with E-state index in [4.69, 9.17) is 9.47 Å². The SMILES string of the molecule is CS(=O)(=O)c1cnc(O[C@H]2CC[C@H](OC3CCNCC3)CC2)cn1.Cl. The Labute approximate surface area is 155 Å². The number of hydrogen-bond donors (Lipinski definition) is 1. The van der Waals surface area contributed by atoms with E-state index in [9.17, 15) is 8.42 Å². The molecule has 2 aliphatic rings. The van der Waals surface area contributed by atoms with Crippen LogP contribution in [0.25, 0.3) is 0 Å². The molecule has 3 rings (SSSR count). The first-order valence-corrected chi connectivity index (χ1v) is 10.4. The fourth-order valence-electron chi connectivity index (χ4n) is 3.22. The molecule has 0 spiro atoms. The van der Waals surface area contributed by atoms with Gasteiger partial charge >= 0.3 is 0 Å². The number of sulfone groups is 1. The average Bonchev–Trinajstić information content (AvgIpc) is 2.57. The minimum atomic E-state index is -3.32. The van der Waals surface area contributed by atoms with Crippen LogP contribution in [0.5, 0.6) is 5.88 Å².